The summed E-state index contributed by atoms with van der Waals surface area (Å²) < 4.78 is 0. The van der Waals surface area contributed by atoms with Crippen LogP contribution in [0.15, 0.2) is 24.5 Å². The molecule has 2 atom stereocenters. The number of amides is 1. The van der Waals surface area contributed by atoms with E-state index in [1.54, 1.807) is 12.1 Å². The molecule has 1 saturated heterocycles. The summed E-state index contributed by atoms with van der Waals surface area (Å²) in [5.41, 5.74) is 0.366. The quantitative estimate of drug-likeness (QED) is 0.824. The van der Waals surface area contributed by atoms with Gasteiger partial charge in [0.15, 0.2) is 0 Å². The molecule has 1 fully saturated rings. The Morgan fingerprint density at radius 1 is 1.20 bits per heavy atom. The Morgan fingerprint density at radius 2 is 1.90 bits per heavy atom. The summed E-state index contributed by atoms with van der Waals surface area (Å²) in [4.78, 5) is 39.6. The Balaban J connectivity index is 2.15. The molecular formula is C13H14N2O5. The number of likely N-dealkylation sites (tertiary alicyclic amines) is 1. The van der Waals surface area contributed by atoms with E-state index in [9.17, 15) is 14.4 Å². The molecule has 2 heterocycles. The van der Waals surface area contributed by atoms with E-state index in [-0.39, 0.29) is 25.4 Å². The number of aliphatic carboxylic acids is 2. The topological polar surface area (TPSA) is 108 Å². The van der Waals surface area contributed by atoms with Crippen molar-refractivity contribution in [2.45, 2.75) is 6.42 Å². The molecule has 2 N–H and O–H groups in total. The molecule has 0 aliphatic carbocycles. The number of nitrogens with zero attached hydrogens (tertiary/aromatic N) is 2. The lowest BCUT2D eigenvalue weighted by atomic mass is 9.85. The lowest BCUT2D eigenvalue weighted by Gasteiger charge is -2.34. The number of rotatable bonds is 3. The zero-order valence-electron chi connectivity index (χ0n) is 10.6. The first kappa shape index (κ1) is 14.0. The van der Waals surface area contributed by atoms with Gasteiger partial charge in [-0.3, -0.25) is 19.4 Å². The van der Waals surface area contributed by atoms with Crippen molar-refractivity contribution >= 4 is 17.8 Å². The highest BCUT2D eigenvalue weighted by Crippen LogP contribution is 2.25. The zero-order valence-corrected chi connectivity index (χ0v) is 10.6. The van der Waals surface area contributed by atoms with E-state index in [1.807, 2.05) is 0 Å². The molecule has 20 heavy (non-hydrogen) atoms. The van der Waals surface area contributed by atoms with E-state index in [1.165, 1.54) is 17.3 Å². The maximum atomic E-state index is 12.2. The van der Waals surface area contributed by atoms with Crippen LogP contribution >= 0.6 is 0 Å². The summed E-state index contributed by atoms with van der Waals surface area (Å²) >= 11 is 0. The first-order chi connectivity index (χ1) is 9.50. The SMILES string of the molecule is O=C(O)C1CCN(C(=O)c2cccnc2)CC1C(=O)O. The second-order valence-electron chi connectivity index (χ2n) is 4.67. The first-order valence-corrected chi connectivity index (χ1v) is 6.15. The lowest BCUT2D eigenvalue weighted by Crippen LogP contribution is -2.48. The van der Waals surface area contributed by atoms with Crippen LogP contribution in [0.3, 0.4) is 0 Å². The van der Waals surface area contributed by atoms with Crippen LogP contribution in [0.1, 0.15) is 16.8 Å². The van der Waals surface area contributed by atoms with Crippen LogP contribution in [-0.4, -0.2) is 51.0 Å². The Bertz CT molecular complexity index is 531. The van der Waals surface area contributed by atoms with Gasteiger partial charge in [-0.25, -0.2) is 0 Å². The molecule has 1 aromatic rings. The van der Waals surface area contributed by atoms with Crippen LogP contribution < -0.4 is 0 Å². The maximum Gasteiger partial charge on any atom is 0.309 e. The summed E-state index contributed by atoms with van der Waals surface area (Å²) in [5.74, 6) is -4.69. The second kappa shape index (κ2) is 5.68. The van der Waals surface area contributed by atoms with Gasteiger partial charge in [0.1, 0.15) is 0 Å². The minimum Gasteiger partial charge on any atom is -0.481 e. The average molecular weight is 278 g/mol. The fourth-order valence-electron chi connectivity index (χ4n) is 2.35. The highest BCUT2D eigenvalue weighted by Gasteiger charge is 2.40. The third-order valence-corrected chi connectivity index (χ3v) is 3.44. The number of carboxylic acids is 2. The van der Waals surface area contributed by atoms with Gasteiger partial charge in [0.25, 0.3) is 5.91 Å². The summed E-state index contributed by atoms with van der Waals surface area (Å²) in [6.07, 6.45) is 3.08. The van der Waals surface area contributed by atoms with E-state index in [2.05, 4.69) is 4.98 Å². The molecule has 7 nitrogen and oxygen atoms in total. The monoisotopic (exact) mass is 278 g/mol. The molecule has 0 spiro atoms. The highest BCUT2D eigenvalue weighted by atomic mass is 16.4. The van der Waals surface area contributed by atoms with Crippen LogP contribution in [0.5, 0.6) is 0 Å². The van der Waals surface area contributed by atoms with Gasteiger partial charge in [-0.15, -0.1) is 0 Å². The van der Waals surface area contributed by atoms with Gasteiger partial charge in [-0.1, -0.05) is 0 Å². The molecule has 2 unspecified atom stereocenters. The van der Waals surface area contributed by atoms with Crippen LogP contribution in [0, 0.1) is 11.8 Å². The summed E-state index contributed by atoms with van der Waals surface area (Å²) in [6, 6.07) is 3.21. The molecule has 1 aromatic heterocycles. The Kier molecular flexibility index (Phi) is 3.97. The average Bonchev–Trinajstić information content (AvgIpc) is 2.46. The van der Waals surface area contributed by atoms with Crippen molar-refractivity contribution in [1.29, 1.82) is 0 Å². The normalized spacial score (nSPS) is 22.3. The smallest absolute Gasteiger partial charge is 0.309 e. The largest absolute Gasteiger partial charge is 0.481 e. The Morgan fingerprint density at radius 3 is 2.45 bits per heavy atom. The standard InChI is InChI=1S/C13H14N2O5/c16-11(8-2-1-4-14-6-8)15-5-3-9(12(17)18)10(7-15)13(19)20/h1-2,4,6,9-10H,3,5,7H2,(H,17,18)(H,19,20). The third-order valence-electron chi connectivity index (χ3n) is 3.44. The molecule has 106 valence electrons. The minimum atomic E-state index is -1.19. The molecule has 7 heteroatoms. The summed E-state index contributed by atoms with van der Waals surface area (Å²) in [5, 5.41) is 18.1. The molecule has 0 aromatic carbocycles. The van der Waals surface area contributed by atoms with Crippen LogP contribution in [0.25, 0.3) is 0 Å². The van der Waals surface area contributed by atoms with Crippen molar-refractivity contribution in [3.8, 4) is 0 Å². The van der Waals surface area contributed by atoms with Gasteiger partial charge in [0.2, 0.25) is 0 Å². The van der Waals surface area contributed by atoms with Crippen LogP contribution in [-0.2, 0) is 9.59 Å². The van der Waals surface area contributed by atoms with Crippen molar-refractivity contribution in [3.63, 3.8) is 0 Å². The predicted octanol–water partition coefficient (Wildman–Crippen LogP) is 0.329. The van der Waals surface area contributed by atoms with Crippen LogP contribution in [0.4, 0.5) is 0 Å². The van der Waals surface area contributed by atoms with E-state index in [0.29, 0.717) is 5.56 Å². The van der Waals surface area contributed by atoms with Gasteiger partial charge in [0, 0.05) is 25.5 Å². The van der Waals surface area contributed by atoms with Crippen molar-refractivity contribution in [3.05, 3.63) is 30.1 Å². The lowest BCUT2D eigenvalue weighted by molar-refractivity contribution is -0.156. The fraction of sp³-hybridized carbons (Fsp3) is 0.385. The molecule has 0 radical (unpaired) electrons. The molecule has 1 aliphatic rings. The van der Waals surface area contributed by atoms with Gasteiger partial charge in [-0.05, 0) is 18.6 Å². The highest BCUT2D eigenvalue weighted by molar-refractivity contribution is 5.94. The molecule has 1 aliphatic heterocycles. The fourth-order valence-corrected chi connectivity index (χ4v) is 2.35. The number of carbonyl (C=O) groups is 3. The van der Waals surface area contributed by atoms with Crippen molar-refractivity contribution in [2.75, 3.05) is 13.1 Å². The summed E-state index contributed by atoms with van der Waals surface area (Å²) in [6.45, 7) is 0.133. The minimum absolute atomic E-state index is 0.0972. The van der Waals surface area contributed by atoms with Gasteiger partial charge < -0.3 is 15.1 Å². The predicted molar refractivity (Wildman–Crippen MR) is 67.0 cm³/mol. The van der Waals surface area contributed by atoms with E-state index in [0.717, 1.165) is 0 Å². The third kappa shape index (κ3) is 2.76. The van der Waals surface area contributed by atoms with Crippen LogP contribution in [0.2, 0.25) is 0 Å². The van der Waals surface area contributed by atoms with E-state index in [4.69, 9.17) is 10.2 Å². The number of piperidine rings is 1. The van der Waals surface area contributed by atoms with Gasteiger partial charge in [-0.2, -0.15) is 0 Å². The molecule has 1 amide bonds. The molecule has 0 bridgehead atoms. The van der Waals surface area contributed by atoms with E-state index < -0.39 is 23.8 Å². The Hall–Kier alpha value is -2.44. The van der Waals surface area contributed by atoms with Gasteiger partial charge in [0.05, 0.1) is 17.4 Å². The number of hydrogen-bond acceptors (Lipinski definition) is 4. The second-order valence-corrected chi connectivity index (χ2v) is 4.67. The zero-order chi connectivity index (χ0) is 14.7. The van der Waals surface area contributed by atoms with Gasteiger partial charge >= 0.3 is 11.9 Å². The van der Waals surface area contributed by atoms with E-state index >= 15 is 0 Å². The number of pyridine rings is 1. The number of carboxylic acid groups (broad SMARTS) is 2. The van der Waals surface area contributed by atoms with Crippen molar-refractivity contribution in [1.82, 2.24) is 9.88 Å². The molecule has 2 rings (SSSR count). The number of aromatic nitrogens is 1. The first-order valence-electron chi connectivity index (χ1n) is 6.15. The number of hydrogen-bond donors (Lipinski definition) is 2. The Labute approximate surface area is 114 Å². The maximum absolute atomic E-state index is 12.2. The van der Waals surface area contributed by atoms with Crippen molar-refractivity contribution in [2.24, 2.45) is 11.8 Å². The van der Waals surface area contributed by atoms with Crippen molar-refractivity contribution < 1.29 is 24.6 Å². The summed E-state index contributed by atoms with van der Waals surface area (Å²) in [7, 11) is 0. The number of carbonyl (C=O) groups excluding carboxylic acids is 1. The molecule has 0 saturated carbocycles. The molecular weight excluding hydrogens is 264 g/mol.